The van der Waals surface area contributed by atoms with E-state index in [0.29, 0.717) is 50.7 Å². The van der Waals surface area contributed by atoms with Gasteiger partial charge in [-0.1, -0.05) is 121 Å². The fraction of sp³-hybridized carbons (Fsp3) is 0. The molecule has 0 unspecified atom stereocenters. The minimum Gasteiger partial charge on any atom is -0.310 e. The molecule has 0 fully saturated rings. The van der Waals surface area contributed by atoms with Crippen molar-refractivity contribution in [3.05, 3.63) is 301 Å². The maximum Gasteiger partial charge on any atom is 0.195 e. The van der Waals surface area contributed by atoms with Crippen LogP contribution in [0.2, 0.25) is 0 Å². The Labute approximate surface area is 480 Å². The lowest BCUT2D eigenvalue weighted by molar-refractivity contribution is 1.18. The standard InChI is InChI=1S/C74H45N9/c1-78-71-45-65(52-30-32-55(33-31-52)70-46-69(54-26-22-50(47-75)23-27-54)79-74(80-70)56-28-24-51(48-76)25-29-56)57(49-77)42-66(71)53-34-36-62(37-35-53)83-72-40-38-63(81(58-14-6-2-7-15-58)59-16-8-3-9-17-59)43-67(72)68-44-64(39-41-73(68)83)82(60-18-10-4-11-19-60)61-20-12-5-13-21-61/h2-46H. The first kappa shape index (κ1) is 50.4. The predicted molar refractivity (Wildman–Crippen MR) is 333 cm³/mol. The molecule has 0 saturated heterocycles. The lowest BCUT2D eigenvalue weighted by atomic mass is 9.93. The average molecular weight is 1060 g/mol. The zero-order chi connectivity index (χ0) is 56.2. The summed E-state index contributed by atoms with van der Waals surface area (Å²) < 4.78 is 2.30. The molecule has 0 N–H and O–H groups in total. The summed E-state index contributed by atoms with van der Waals surface area (Å²) in [6.45, 7) is 8.43. The maximum absolute atomic E-state index is 10.7. The number of para-hydroxylation sites is 4. The Morgan fingerprint density at radius 2 is 0.759 bits per heavy atom. The highest BCUT2D eigenvalue weighted by Crippen LogP contribution is 2.44. The molecule has 13 aromatic rings. The molecule has 0 bridgehead atoms. The fourth-order valence-corrected chi connectivity index (χ4v) is 10.9. The first-order valence-electron chi connectivity index (χ1n) is 26.9. The topological polar surface area (TPSA) is 113 Å². The predicted octanol–water partition coefficient (Wildman–Crippen LogP) is 19.0. The van der Waals surface area contributed by atoms with Crippen LogP contribution in [0.3, 0.4) is 0 Å². The van der Waals surface area contributed by atoms with Gasteiger partial charge in [0.15, 0.2) is 11.5 Å². The summed E-state index contributed by atoms with van der Waals surface area (Å²) in [5, 5.41) is 31.8. The quantitative estimate of drug-likeness (QED) is 0.112. The van der Waals surface area contributed by atoms with E-state index >= 15 is 0 Å². The molecule has 0 spiro atoms. The van der Waals surface area contributed by atoms with Crippen LogP contribution in [-0.4, -0.2) is 14.5 Å². The number of hydrogen-bond donors (Lipinski definition) is 0. The molecule has 0 aliphatic heterocycles. The molecule has 2 heterocycles. The van der Waals surface area contributed by atoms with E-state index in [9.17, 15) is 15.8 Å². The van der Waals surface area contributed by atoms with Gasteiger partial charge in [0.05, 0.1) is 63.9 Å². The number of nitrogens with zero attached hydrogens (tertiary/aromatic N) is 9. The number of anilines is 6. The zero-order valence-electron chi connectivity index (χ0n) is 44.5. The number of fused-ring (bicyclic) bond motifs is 3. The molecule has 83 heavy (non-hydrogen) atoms. The first-order valence-corrected chi connectivity index (χ1v) is 26.9. The van der Waals surface area contributed by atoms with E-state index in [1.807, 2.05) is 103 Å². The highest BCUT2D eigenvalue weighted by atomic mass is 15.1. The molecule has 0 aliphatic rings. The zero-order valence-corrected chi connectivity index (χ0v) is 44.5. The Bertz CT molecular complexity index is 4430. The molecule has 9 heteroatoms. The Balaban J connectivity index is 0.877. The molecule has 386 valence electrons. The maximum atomic E-state index is 10.7. The second-order valence-corrected chi connectivity index (χ2v) is 19.9. The highest BCUT2D eigenvalue weighted by molar-refractivity contribution is 6.12. The second kappa shape index (κ2) is 21.9. The van der Waals surface area contributed by atoms with Gasteiger partial charge in [0.2, 0.25) is 0 Å². The number of rotatable bonds is 12. The third-order valence-electron chi connectivity index (χ3n) is 14.9. The molecular formula is C74H45N9. The molecule has 2 aromatic heterocycles. The van der Waals surface area contributed by atoms with Crippen molar-refractivity contribution < 1.29 is 0 Å². The summed E-state index contributed by atoms with van der Waals surface area (Å²) in [6.07, 6.45) is 0. The van der Waals surface area contributed by atoms with Crippen LogP contribution in [0.1, 0.15) is 16.7 Å². The monoisotopic (exact) mass is 1060 g/mol. The van der Waals surface area contributed by atoms with Gasteiger partial charge in [0.1, 0.15) is 0 Å². The Kier molecular flexibility index (Phi) is 13.3. The lowest BCUT2D eigenvalue weighted by Gasteiger charge is -2.26. The number of hydrogen-bond acceptors (Lipinski definition) is 7. The van der Waals surface area contributed by atoms with Gasteiger partial charge in [0, 0.05) is 67.3 Å². The Morgan fingerprint density at radius 3 is 1.18 bits per heavy atom. The van der Waals surface area contributed by atoms with Gasteiger partial charge in [-0.05, 0) is 174 Å². The van der Waals surface area contributed by atoms with E-state index in [1.54, 1.807) is 24.3 Å². The molecule has 0 aliphatic carbocycles. The van der Waals surface area contributed by atoms with Crippen LogP contribution in [0, 0.1) is 40.6 Å². The molecule has 0 atom stereocenters. The van der Waals surface area contributed by atoms with Crippen LogP contribution in [0.5, 0.6) is 0 Å². The van der Waals surface area contributed by atoms with Crippen LogP contribution in [-0.2, 0) is 0 Å². The second-order valence-electron chi connectivity index (χ2n) is 19.9. The van der Waals surface area contributed by atoms with Crippen molar-refractivity contribution in [3.8, 4) is 80.1 Å². The summed E-state index contributed by atoms with van der Waals surface area (Å²) in [6, 6.07) is 97.9. The van der Waals surface area contributed by atoms with Gasteiger partial charge in [-0.25, -0.2) is 14.8 Å². The van der Waals surface area contributed by atoms with Crippen LogP contribution in [0.15, 0.2) is 273 Å². The van der Waals surface area contributed by atoms with E-state index < -0.39 is 0 Å². The van der Waals surface area contributed by atoms with Gasteiger partial charge >= 0.3 is 0 Å². The minimum absolute atomic E-state index is 0.422. The molecular weight excluding hydrogens is 1010 g/mol. The van der Waals surface area contributed by atoms with Crippen LogP contribution < -0.4 is 9.80 Å². The molecule has 0 amide bonds. The normalized spacial score (nSPS) is 10.8. The Morgan fingerprint density at radius 1 is 0.361 bits per heavy atom. The van der Waals surface area contributed by atoms with Crippen molar-refractivity contribution in [3.63, 3.8) is 0 Å². The van der Waals surface area contributed by atoms with Crippen LogP contribution in [0.4, 0.5) is 39.8 Å². The minimum atomic E-state index is 0.422. The number of nitriles is 3. The molecule has 11 aromatic carbocycles. The molecule has 9 nitrogen and oxygen atoms in total. The van der Waals surface area contributed by atoms with Crippen molar-refractivity contribution in [2.24, 2.45) is 0 Å². The lowest BCUT2D eigenvalue weighted by Crippen LogP contribution is -2.09. The van der Waals surface area contributed by atoms with E-state index in [4.69, 9.17) is 16.5 Å². The van der Waals surface area contributed by atoms with Crippen LogP contribution in [0.25, 0.3) is 88.5 Å². The summed E-state index contributed by atoms with van der Waals surface area (Å²) >= 11 is 0. The smallest absolute Gasteiger partial charge is 0.195 e. The van der Waals surface area contributed by atoms with Crippen molar-refractivity contribution >= 4 is 61.6 Å². The van der Waals surface area contributed by atoms with Crippen molar-refractivity contribution in [1.82, 2.24) is 14.5 Å². The average Bonchev–Trinajstić information content (AvgIpc) is 4.10. The van der Waals surface area contributed by atoms with E-state index in [2.05, 4.69) is 183 Å². The van der Waals surface area contributed by atoms with E-state index in [-0.39, 0.29) is 0 Å². The Hall–Kier alpha value is -12.1. The van der Waals surface area contributed by atoms with E-state index in [1.165, 1.54) is 0 Å². The van der Waals surface area contributed by atoms with Gasteiger partial charge < -0.3 is 14.4 Å². The van der Waals surface area contributed by atoms with Gasteiger partial charge in [0.25, 0.3) is 0 Å². The highest BCUT2D eigenvalue weighted by Gasteiger charge is 2.22. The van der Waals surface area contributed by atoms with Gasteiger partial charge in [-0.15, -0.1) is 0 Å². The van der Waals surface area contributed by atoms with E-state index in [0.717, 1.165) is 89.4 Å². The van der Waals surface area contributed by atoms with Crippen LogP contribution >= 0.6 is 0 Å². The SMILES string of the molecule is [C-]#[N+]c1cc(-c2ccc(-c3cc(-c4ccc(C#N)cc4)nc(-c4ccc(C#N)cc4)n3)cc2)c(C#N)cc1-c1ccc(-n2c3ccc(N(c4ccccc4)c4ccccc4)cc3c3cc(N(c4ccccc4)c4ccccc4)ccc32)cc1. The molecule has 0 saturated carbocycles. The van der Waals surface area contributed by atoms with Crippen molar-refractivity contribution in [1.29, 1.82) is 15.8 Å². The third-order valence-corrected chi connectivity index (χ3v) is 14.9. The summed E-state index contributed by atoms with van der Waals surface area (Å²) in [5.74, 6) is 0.481. The first-order chi connectivity index (χ1) is 40.9. The summed E-state index contributed by atoms with van der Waals surface area (Å²) in [4.78, 5) is 18.5. The van der Waals surface area contributed by atoms with Gasteiger partial charge in [-0.3, -0.25) is 0 Å². The molecule has 0 radical (unpaired) electrons. The van der Waals surface area contributed by atoms with Crippen molar-refractivity contribution in [2.75, 3.05) is 9.80 Å². The largest absolute Gasteiger partial charge is 0.310 e. The van der Waals surface area contributed by atoms with Gasteiger partial charge in [-0.2, -0.15) is 15.8 Å². The van der Waals surface area contributed by atoms with Crippen molar-refractivity contribution in [2.45, 2.75) is 0 Å². The summed E-state index contributed by atoms with van der Waals surface area (Å²) in [5.41, 5.74) is 17.8. The number of aromatic nitrogens is 3. The molecule has 13 rings (SSSR count). The summed E-state index contributed by atoms with van der Waals surface area (Å²) in [7, 11) is 0. The fourth-order valence-electron chi connectivity index (χ4n) is 10.9. The third kappa shape index (κ3) is 9.73. The number of benzene rings is 11.